The molecule has 1 aromatic heterocycles. The Bertz CT molecular complexity index is 544. The van der Waals surface area contributed by atoms with E-state index < -0.39 is 5.97 Å². The van der Waals surface area contributed by atoms with Crippen LogP contribution in [0, 0.1) is 0 Å². The third kappa shape index (κ3) is 1.46. The number of H-pyrrole nitrogens is 1. The molecule has 0 spiro atoms. The number of methoxy groups -OCH3 is 2. The summed E-state index contributed by atoms with van der Waals surface area (Å²) in [5.74, 6) is -0.126. The minimum absolute atomic E-state index is 0.0215. The number of carbonyl (C=O) groups excluding carboxylic acids is 1. The predicted molar refractivity (Wildman–Crippen MR) is 57.9 cm³/mol. The quantitative estimate of drug-likeness (QED) is 0.756. The van der Waals surface area contributed by atoms with E-state index in [1.165, 1.54) is 20.3 Å². The summed E-state index contributed by atoms with van der Waals surface area (Å²) >= 11 is 0. The van der Waals surface area contributed by atoms with Crippen LogP contribution in [0.2, 0.25) is 0 Å². The second kappa shape index (κ2) is 3.77. The minimum atomic E-state index is -0.460. The molecule has 0 aliphatic carbocycles. The number of rotatable bonds is 2. The maximum absolute atomic E-state index is 11.3. The summed E-state index contributed by atoms with van der Waals surface area (Å²) < 4.78 is 9.65. The fourth-order valence-corrected chi connectivity index (χ4v) is 1.59. The van der Waals surface area contributed by atoms with Gasteiger partial charge in [0.2, 0.25) is 0 Å². The SMILES string of the molecule is COC(=O)c1cc2ccc(O)c(OC)c2[nH]1. The molecule has 84 valence electrons. The highest BCUT2D eigenvalue weighted by Gasteiger charge is 2.14. The molecule has 0 amide bonds. The number of benzene rings is 1. The summed E-state index contributed by atoms with van der Waals surface area (Å²) in [5.41, 5.74) is 0.893. The normalized spacial score (nSPS) is 10.4. The van der Waals surface area contributed by atoms with Crippen molar-refractivity contribution in [3.05, 3.63) is 23.9 Å². The lowest BCUT2D eigenvalue weighted by atomic mass is 10.2. The van der Waals surface area contributed by atoms with Gasteiger partial charge in [0, 0.05) is 5.39 Å². The first-order valence-corrected chi connectivity index (χ1v) is 4.64. The zero-order valence-corrected chi connectivity index (χ0v) is 8.90. The first-order valence-electron chi connectivity index (χ1n) is 4.64. The number of phenolic OH excluding ortho intramolecular Hbond substituents is 1. The average Bonchev–Trinajstić information content (AvgIpc) is 2.71. The van der Waals surface area contributed by atoms with E-state index >= 15 is 0 Å². The lowest BCUT2D eigenvalue weighted by Crippen LogP contribution is -2.00. The van der Waals surface area contributed by atoms with Crippen LogP contribution in [0.4, 0.5) is 0 Å². The second-order valence-electron chi connectivity index (χ2n) is 3.26. The topological polar surface area (TPSA) is 71.6 Å². The first kappa shape index (κ1) is 10.4. The van der Waals surface area contributed by atoms with Crippen LogP contribution >= 0.6 is 0 Å². The Morgan fingerprint density at radius 2 is 2.12 bits per heavy atom. The molecule has 5 heteroatoms. The van der Waals surface area contributed by atoms with E-state index in [0.717, 1.165) is 5.39 Å². The molecule has 2 aromatic rings. The number of hydrogen-bond acceptors (Lipinski definition) is 4. The summed E-state index contributed by atoms with van der Waals surface area (Å²) in [5, 5.41) is 10.3. The molecule has 0 aliphatic heterocycles. The molecule has 0 aliphatic rings. The van der Waals surface area contributed by atoms with E-state index in [9.17, 15) is 9.90 Å². The summed E-state index contributed by atoms with van der Waals surface area (Å²) in [4.78, 5) is 14.2. The number of aromatic hydroxyl groups is 1. The number of hydrogen-bond donors (Lipinski definition) is 2. The van der Waals surface area contributed by atoms with Crippen molar-refractivity contribution in [2.45, 2.75) is 0 Å². The lowest BCUT2D eigenvalue weighted by molar-refractivity contribution is 0.0595. The summed E-state index contributed by atoms with van der Waals surface area (Å²) in [6.07, 6.45) is 0. The molecule has 5 nitrogen and oxygen atoms in total. The Morgan fingerprint density at radius 3 is 2.75 bits per heavy atom. The molecule has 1 aromatic carbocycles. The molecule has 0 atom stereocenters. The molecule has 0 unspecified atom stereocenters. The number of fused-ring (bicyclic) bond motifs is 1. The van der Waals surface area contributed by atoms with Crippen LogP contribution < -0.4 is 4.74 Å². The number of nitrogens with one attached hydrogen (secondary N) is 1. The zero-order chi connectivity index (χ0) is 11.7. The minimum Gasteiger partial charge on any atom is -0.504 e. The largest absolute Gasteiger partial charge is 0.504 e. The number of phenols is 1. The number of carbonyl (C=O) groups is 1. The first-order chi connectivity index (χ1) is 7.67. The van der Waals surface area contributed by atoms with Crippen molar-refractivity contribution in [1.29, 1.82) is 0 Å². The maximum Gasteiger partial charge on any atom is 0.354 e. The lowest BCUT2D eigenvalue weighted by Gasteiger charge is -2.03. The van der Waals surface area contributed by atoms with Gasteiger partial charge in [-0.05, 0) is 18.2 Å². The molecule has 1 heterocycles. The van der Waals surface area contributed by atoms with Gasteiger partial charge in [-0.3, -0.25) is 0 Å². The Balaban J connectivity index is 2.65. The summed E-state index contributed by atoms with van der Waals surface area (Å²) in [6.45, 7) is 0. The molecule has 16 heavy (non-hydrogen) atoms. The van der Waals surface area contributed by atoms with Gasteiger partial charge >= 0.3 is 5.97 Å². The van der Waals surface area contributed by atoms with Crippen molar-refractivity contribution in [2.75, 3.05) is 14.2 Å². The number of esters is 1. The van der Waals surface area contributed by atoms with Gasteiger partial charge in [-0.25, -0.2) is 4.79 Å². The highest BCUT2D eigenvalue weighted by molar-refractivity contribution is 5.97. The van der Waals surface area contributed by atoms with Gasteiger partial charge in [0.1, 0.15) is 5.69 Å². The number of aromatic nitrogens is 1. The van der Waals surface area contributed by atoms with E-state index in [-0.39, 0.29) is 5.75 Å². The van der Waals surface area contributed by atoms with Crippen LogP contribution in [-0.4, -0.2) is 30.3 Å². The predicted octanol–water partition coefficient (Wildman–Crippen LogP) is 1.67. The fourth-order valence-electron chi connectivity index (χ4n) is 1.59. The smallest absolute Gasteiger partial charge is 0.354 e. The molecule has 0 saturated heterocycles. The Morgan fingerprint density at radius 1 is 1.38 bits per heavy atom. The Kier molecular flexibility index (Phi) is 2.44. The standard InChI is InChI=1S/C11H11NO4/c1-15-10-8(13)4-3-6-5-7(11(14)16-2)12-9(6)10/h3-5,12-13H,1-2H3. The molecule has 0 fully saturated rings. The van der Waals surface area contributed by atoms with E-state index in [1.807, 2.05) is 0 Å². The van der Waals surface area contributed by atoms with Crippen molar-refractivity contribution in [3.63, 3.8) is 0 Å². The van der Waals surface area contributed by atoms with Gasteiger partial charge < -0.3 is 19.6 Å². The average molecular weight is 221 g/mol. The Labute approximate surface area is 91.6 Å². The van der Waals surface area contributed by atoms with Crippen molar-refractivity contribution in [3.8, 4) is 11.5 Å². The molecule has 0 bridgehead atoms. The van der Waals surface area contributed by atoms with E-state index in [0.29, 0.717) is 17.0 Å². The van der Waals surface area contributed by atoms with E-state index in [1.54, 1.807) is 12.1 Å². The fraction of sp³-hybridized carbons (Fsp3) is 0.182. The van der Waals surface area contributed by atoms with Crippen LogP contribution in [-0.2, 0) is 4.74 Å². The van der Waals surface area contributed by atoms with Gasteiger partial charge in [-0.2, -0.15) is 0 Å². The molecular weight excluding hydrogens is 210 g/mol. The third-order valence-electron chi connectivity index (χ3n) is 2.34. The van der Waals surface area contributed by atoms with Crippen LogP contribution in [0.15, 0.2) is 18.2 Å². The number of aromatic amines is 1. The maximum atomic E-state index is 11.3. The highest BCUT2D eigenvalue weighted by atomic mass is 16.5. The second-order valence-corrected chi connectivity index (χ2v) is 3.26. The molecular formula is C11H11NO4. The van der Waals surface area contributed by atoms with Gasteiger partial charge in [0.25, 0.3) is 0 Å². The number of ether oxygens (including phenoxy) is 2. The third-order valence-corrected chi connectivity index (χ3v) is 2.34. The van der Waals surface area contributed by atoms with Gasteiger partial charge in [0.05, 0.1) is 19.7 Å². The van der Waals surface area contributed by atoms with Crippen LogP contribution in [0.3, 0.4) is 0 Å². The molecule has 0 radical (unpaired) electrons. The van der Waals surface area contributed by atoms with Gasteiger partial charge in [-0.15, -0.1) is 0 Å². The summed E-state index contributed by atoms with van der Waals surface area (Å²) in [6, 6.07) is 4.84. The monoisotopic (exact) mass is 221 g/mol. The van der Waals surface area contributed by atoms with E-state index in [4.69, 9.17) is 4.74 Å². The molecule has 2 rings (SSSR count). The van der Waals surface area contributed by atoms with Crippen molar-refractivity contribution in [2.24, 2.45) is 0 Å². The van der Waals surface area contributed by atoms with Crippen molar-refractivity contribution < 1.29 is 19.4 Å². The van der Waals surface area contributed by atoms with Crippen LogP contribution in [0.25, 0.3) is 10.9 Å². The Hall–Kier alpha value is -2.17. The van der Waals surface area contributed by atoms with Crippen LogP contribution in [0.1, 0.15) is 10.5 Å². The zero-order valence-electron chi connectivity index (χ0n) is 8.90. The van der Waals surface area contributed by atoms with Crippen molar-refractivity contribution >= 4 is 16.9 Å². The molecule has 0 saturated carbocycles. The summed E-state index contributed by atoms with van der Waals surface area (Å²) in [7, 11) is 2.76. The van der Waals surface area contributed by atoms with Crippen LogP contribution in [0.5, 0.6) is 11.5 Å². The van der Waals surface area contributed by atoms with Crippen molar-refractivity contribution in [1.82, 2.24) is 4.98 Å². The van der Waals surface area contributed by atoms with Gasteiger partial charge in [-0.1, -0.05) is 0 Å². The van der Waals surface area contributed by atoms with Gasteiger partial charge in [0.15, 0.2) is 11.5 Å². The van der Waals surface area contributed by atoms with E-state index in [2.05, 4.69) is 9.72 Å². The highest BCUT2D eigenvalue weighted by Crippen LogP contribution is 2.34. The molecule has 2 N–H and O–H groups in total.